The summed E-state index contributed by atoms with van der Waals surface area (Å²) >= 11 is 0. The molecule has 148 valence electrons. The zero-order chi connectivity index (χ0) is 20.0. The summed E-state index contributed by atoms with van der Waals surface area (Å²) in [5.74, 6) is -1.15. The standard InChI is InChI=1S/C17H21F2N3O4S/c1-12-4-3-5-14(10-12)26-9-7-21-16(23)13(2)27(24,25)11-15-20-6-8-22(15)17(18)19/h3-6,8,10,13,17H,7,9,11H2,1-2H3,(H,21,23). The Morgan fingerprint density at radius 3 is 2.78 bits per heavy atom. The van der Waals surface area contributed by atoms with Crippen LogP contribution in [0.5, 0.6) is 5.75 Å². The average Bonchev–Trinajstić information content (AvgIpc) is 3.05. The number of benzene rings is 1. The topological polar surface area (TPSA) is 90.3 Å². The van der Waals surface area contributed by atoms with Crippen molar-refractivity contribution in [1.82, 2.24) is 14.9 Å². The number of sulfone groups is 1. The Bertz CT molecular complexity index is 884. The predicted octanol–water partition coefficient (Wildman–Crippen LogP) is 2.09. The minimum Gasteiger partial charge on any atom is -0.492 e. The van der Waals surface area contributed by atoms with Gasteiger partial charge < -0.3 is 10.1 Å². The number of nitrogens with zero attached hydrogens (tertiary/aromatic N) is 2. The Morgan fingerprint density at radius 1 is 1.37 bits per heavy atom. The van der Waals surface area contributed by atoms with Crippen molar-refractivity contribution in [2.45, 2.75) is 31.4 Å². The van der Waals surface area contributed by atoms with E-state index in [9.17, 15) is 22.0 Å². The fourth-order valence-electron chi connectivity index (χ4n) is 2.29. The van der Waals surface area contributed by atoms with E-state index in [0.29, 0.717) is 10.3 Å². The summed E-state index contributed by atoms with van der Waals surface area (Å²) in [7, 11) is -4.00. The fraction of sp³-hybridized carbons (Fsp3) is 0.412. The van der Waals surface area contributed by atoms with Crippen molar-refractivity contribution < 1.29 is 26.7 Å². The van der Waals surface area contributed by atoms with Crippen LogP contribution < -0.4 is 10.1 Å². The van der Waals surface area contributed by atoms with Gasteiger partial charge in [0.1, 0.15) is 29.2 Å². The molecule has 0 aliphatic heterocycles. The minimum atomic E-state index is -4.00. The van der Waals surface area contributed by atoms with E-state index < -0.39 is 33.3 Å². The van der Waals surface area contributed by atoms with Gasteiger partial charge in [0.25, 0.3) is 0 Å². The number of carbonyl (C=O) groups is 1. The number of amides is 1. The number of carbonyl (C=O) groups excluding carboxylic acids is 1. The van der Waals surface area contributed by atoms with Crippen LogP contribution in [0.3, 0.4) is 0 Å². The second kappa shape index (κ2) is 8.94. The monoisotopic (exact) mass is 401 g/mol. The van der Waals surface area contributed by atoms with Crippen molar-refractivity contribution in [3.05, 3.63) is 48.0 Å². The lowest BCUT2D eigenvalue weighted by atomic mass is 10.2. The molecular weight excluding hydrogens is 380 g/mol. The fourth-order valence-corrected chi connectivity index (χ4v) is 3.54. The van der Waals surface area contributed by atoms with Gasteiger partial charge in [-0.2, -0.15) is 8.78 Å². The molecule has 7 nitrogen and oxygen atoms in total. The molecule has 0 saturated heterocycles. The van der Waals surface area contributed by atoms with Crippen molar-refractivity contribution in [2.24, 2.45) is 0 Å². The molecular formula is C17H21F2N3O4S. The Kier molecular flexibility index (Phi) is 6.89. The maximum absolute atomic E-state index is 12.8. The molecule has 1 atom stereocenters. The number of aromatic nitrogens is 2. The number of imidazole rings is 1. The molecule has 0 radical (unpaired) electrons. The first kappa shape index (κ1) is 20.8. The summed E-state index contributed by atoms with van der Waals surface area (Å²) in [4.78, 5) is 15.7. The molecule has 2 aromatic rings. The van der Waals surface area contributed by atoms with Crippen LogP contribution in [-0.2, 0) is 20.4 Å². The van der Waals surface area contributed by atoms with Crippen LogP contribution in [0.2, 0.25) is 0 Å². The summed E-state index contributed by atoms with van der Waals surface area (Å²) < 4.78 is 56.2. The summed E-state index contributed by atoms with van der Waals surface area (Å²) in [6.45, 7) is 0.499. The Labute approximate surface area is 156 Å². The number of aryl methyl sites for hydroxylation is 1. The predicted molar refractivity (Wildman–Crippen MR) is 95.2 cm³/mol. The number of hydrogen-bond acceptors (Lipinski definition) is 5. The van der Waals surface area contributed by atoms with Gasteiger partial charge in [0, 0.05) is 12.4 Å². The zero-order valence-electron chi connectivity index (χ0n) is 14.9. The molecule has 1 amide bonds. The van der Waals surface area contributed by atoms with Crippen molar-refractivity contribution in [1.29, 1.82) is 0 Å². The molecule has 0 aliphatic rings. The lowest BCUT2D eigenvalue weighted by molar-refractivity contribution is -0.120. The molecule has 27 heavy (non-hydrogen) atoms. The van der Waals surface area contributed by atoms with E-state index >= 15 is 0 Å². The first-order chi connectivity index (χ1) is 12.7. The van der Waals surface area contributed by atoms with Crippen LogP contribution >= 0.6 is 0 Å². The van der Waals surface area contributed by atoms with Gasteiger partial charge in [-0.15, -0.1) is 0 Å². The maximum Gasteiger partial charge on any atom is 0.319 e. The molecule has 1 aromatic heterocycles. The van der Waals surface area contributed by atoms with E-state index in [1.165, 1.54) is 6.92 Å². The molecule has 1 aromatic carbocycles. The molecule has 0 fully saturated rings. The van der Waals surface area contributed by atoms with Crippen LogP contribution in [0.4, 0.5) is 8.78 Å². The number of rotatable bonds is 9. The average molecular weight is 401 g/mol. The summed E-state index contributed by atoms with van der Waals surface area (Å²) in [6, 6.07) is 7.36. The first-order valence-electron chi connectivity index (χ1n) is 8.19. The summed E-state index contributed by atoms with van der Waals surface area (Å²) in [5, 5.41) is 1.07. The van der Waals surface area contributed by atoms with Crippen molar-refractivity contribution in [3.63, 3.8) is 0 Å². The second-order valence-electron chi connectivity index (χ2n) is 5.93. The highest BCUT2D eigenvalue weighted by molar-refractivity contribution is 7.92. The van der Waals surface area contributed by atoms with E-state index in [4.69, 9.17) is 4.74 Å². The van der Waals surface area contributed by atoms with E-state index in [2.05, 4.69) is 10.3 Å². The third kappa shape index (κ3) is 5.75. The van der Waals surface area contributed by atoms with Gasteiger partial charge >= 0.3 is 6.55 Å². The number of hydrogen-bond donors (Lipinski definition) is 1. The van der Waals surface area contributed by atoms with Gasteiger partial charge in [0.05, 0.1) is 6.54 Å². The normalized spacial score (nSPS) is 12.8. The quantitative estimate of drug-likeness (QED) is 0.650. The van der Waals surface area contributed by atoms with Gasteiger partial charge in [0.2, 0.25) is 5.91 Å². The lowest BCUT2D eigenvalue weighted by Gasteiger charge is -2.14. The zero-order valence-corrected chi connectivity index (χ0v) is 15.7. The van der Waals surface area contributed by atoms with Crippen molar-refractivity contribution in [2.75, 3.05) is 13.2 Å². The first-order valence-corrected chi connectivity index (χ1v) is 9.91. The van der Waals surface area contributed by atoms with E-state index in [-0.39, 0.29) is 19.0 Å². The maximum atomic E-state index is 12.8. The van der Waals surface area contributed by atoms with Crippen LogP contribution in [0.25, 0.3) is 0 Å². The van der Waals surface area contributed by atoms with Gasteiger partial charge in [-0.05, 0) is 31.5 Å². The Balaban J connectivity index is 1.86. The number of nitrogens with one attached hydrogen (secondary N) is 1. The molecule has 0 saturated carbocycles. The number of halogens is 2. The molecule has 1 N–H and O–H groups in total. The Morgan fingerprint density at radius 2 is 2.11 bits per heavy atom. The van der Waals surface area contributed by atoms with E-state index in [1.807, 2.05) is 25.1 Å². The highest BCUT2D eigenvalue weighted by Crippen LogP contribution is 2.17. The number of ether oxygens (including phenoxy) is 1. The molecule has 0 bridgehead atoms. The van der Waals surface area contributed by atoms with Crippen molar-refractivity contribution in [3.8, 4) is 5.75 Å². The lowest BCUT2D eigenvalue weighted by Crippen LogP contribution is -2.40. The third-order valence-electron chi connectivity index (χ3n) is 3.86. The smallest absolute Gasteiger partial charge is 0.319 e. The van der Waals surface area contributed by atoms with Gasteiger partial charge in [-0.25, -0.2) is 13.4 Å². The molecule has 1 heterocycles. The largest absolute Gasteiger partial charge is 0.492 e. The van der Waals surface area contributed by atoms with Crippen LogP contribution in [-0.4, -0.2) is 42.3 Å². The summed E-state index contributed by atoms with van der Waals surface area (Å²) in [5.41, 5.74) is 1.03. The molecule has 0 spiro atoms. The SMILES string of the molecule is Cc1cccc(OCCNC(=O)C(C)S(=O)(=O)Cc2nccn2C(F)F)c1. The number of alkyl halides is 2. The Hall–Kier alpha value is -2.49. The van der Waals surface area contributed by atoms with Gasteiger partial charge in [0.15, 0.2) is 9.84 Å². The van der Waals surface area contributed by atoms with Crippen LogP contribution in [0, 0.1) is 6.92 Å². The molecule has 2 rings (SSSR count). The van der Waals surface area contributed by atoms with Gasteiger partial charge in [-0.1, -0.05) is 12.1 Å². The van der Waals surface area contributed by atoms with Crippen LogP contribution in [0.15, 0.2) is 36.7 Å². The van der Waals surface area contributed by atoms with E-state index in [1.54, 1.807) is 6.07 Å². The van der Waals surface area contributed by atoms with E-state index in [0.717, 1.165) is 18.0 Å². The highest BCUT2D eigenvalue weighted by Gasteiger charge is 2.30. The minimum absolute atomic E-state index is 0.109. The summed E-state index contributed by atoms with van der Waals surface area (Å²) in [6.07, 6.45) is 2.08. The highest BCUT2D eigenvalue weighted by atomic mass is 32.2. The van der Waals surface area contributed by atoms with Crippen LogP contribution in [0.1, 0.15) is 24.9 Å². The molecule has 0 aliphatic carbocycles. The second-order valence-corrected chi connectivity index (χ2v) is 8.26. The van der Waals surface area contributed by atoms with Gasteiger partial charge in [-0.3, -0.25) is 9.36 Å². The van der Waals surface area contributed by atoms with Crippen molar-refractivity contribution >= 4 is 15.7 Å². The third-order valence-corrected chi connectivity index (χ3v) is 5.81. The molecule has 1 unspecified atom stereocenters. The molecule has 10 heteroatoms.